The van der Waals surface area contributed by atoms with Crippen molar-refractivity contribution >= 4 is 8.07 Å². The molecule has 68 valence electrons. The summed E-state index contributed by atoms with van der Waals surface area (Å²) in [5, 5.41) is 19.0. The molecule has 3 heteroatoms. The van der Waals surface area contributed by atoms with Crippen LogP contribution in [0.5, 0.6) is 0 Å². The molecule has 0 atom stereocenters. The number of rotatable bonds is 1. The number of hydrogen-bond acceptors (Lipinski definition) is 2. The molecule has 0 amide bonds. The lowest BCUT2D eigenvalue weighted by molar-refractivity contribution is -0.0818. The molecule has 0 aromatic rings. The van der Waals surface area contributed by atoms with E-state index in [1.54, 1.807) is 0 Å². The van der Waals surface area contributed by atoms with Gasteiger partial charge in [0.15, 0.2) is 0 Å². The Morgan fingerprint density at radius 2 is 1.18 bits per heavy atom. The lowest BCUT2D eigenvalue weighted by Crippen LogP contribution is -2.57. The summed E-state index contributed by atoms with van der Waals surface area (Å²) in [6.07, 6.45) is 0. The Kier molecular flexibility index (Phi) is 2.60. The van der Waals surface area contributed by atoms with E-state index in [-0.39, 0.29) is 5.04 Å². The van der Waals surface area contributed by atoms with Crippen molar-refractivity contribution in [3.8, 4) is 0 Å². The molecule has 2 N–H and O–H groups in total. The highest BCUT2D eigenvalue weighted by molar-refractivity contribution is 6.82. The molecule has 0 saturated carbocycles. The van der Waals surface area contributed by atoms with Crippen molar-refractivity contribution in [1.29, 1.82) is 0 Å². The summed E-state index contributed by atoms with van der Waals surface area (Å²) in [7, 11) is -2.00. The Labute approximate surface area is 70.3 Å². The Hall–Kier alpha value is 0.137. The van der Waals surface area contributed by atoms with Crippen molar-refractivity contribution in [1.82, 2.24) is 0 Å². The maximum atomic E-state index is 9.50. The third-order valence-corrected chi connectivity index (χ3v) is 9.18. The molecule has 0 aliphatic rings. The quantitative estimate of drug-likeness (QED) is 0.472. The lowest BCUT2D eigenvalue weighted by atomic mass is 10.2. The first-order chi connectivity index (χ1) is 4.50. The highest BCUT2D eigenvalue weighted by Crippen LogP contribution is 2.41. The van der Waals surface area contributed by atoms with Crippen LogP contribution >= 0.6 is 0 Å². The van der Waals surface area contributed by atoms with E-state index in [1.807, 2.05) is 13.1 Å². The van der Waals surface area contributed by atoms with E-state index in [1.165, 1.54) is 6.92 Å². The monoisotopic (exact) mass is 176 g/mol. The molecular weight excluding hydrogens is 156 g/mol. The summed E-state index contributed by atoms with van der Waals surface area (Å²) in [5.74, 6) is 0. The SMILES string of the molecule is CC(C)(C)[Si](C)(C)C(C)(O)O. The second-order valence-corrected chi connectivity index (χ2v) is 10.6. The predicted molar refractivity (Wildman–Crippen MR) is 50.0 cm³/mol. The summed E-state index contributed by atoms with van der Waals surface area (Å²) in [4.78, 5) is 0. The third-order valence-electron chi connectivity index (χ3n) is 3.06. The summed E-state index contributed by atoms with van der Waals surface area (Å²) >= 11 is 0. The minimum absolute atomic E-state index is 0.0191. The van der Waals surface area contributed by atoms with Gasteiger partial charge in [-0.1, -0.05) is 33.9 Å². The van der Waals surface area contributed by atoms with Crippen LogP contribution in [0.4, 0.5) is 0 Å². The zero-order valence-corrected chi connectivity index (χ0v) is 9.39. The van der Waals surface area contributed by atoms with Gasteiger partial charge in [-0.15, -0.1) is 0 Å². The molecule has 0 aliphatic heterocycles. The second-order valence-electron chi connectivity index (χ2n) is 4.90. The van der Waals surface area contributed by atoms with Crippen LogP contribution < -0.4 is 0 Å². The molecule has 0 radical (unpaired) electrons. The van der Waals surface area contributed by atoms with Crippen LogP contribution in [0.15, 0.2) is 0 Å². The molecule has 0 bridgehead atoms. The van der Waals surface area contributed by atoms with Crippen molar-refractivity contribution in [3.05, 3.63) is 0 Å². The molecule has 11 heavy (non-hydrogen) atoms. The molecule has 0 heterocycles. The van der Waals surface area contributed by atoms with E-state index in [4.69, 9.17) is 0 Å². The van der Waals surface area contributed by atoms with Gasteiger partial charge in [0.05, 0.1) is 0 Å². The first-order valence-corrected chi connectivity index (χ1v) is 6.95. The summed E-state index contributed by atoms with van der Waals surface area (Å²) in [5.41, 5.74) is -1.48. The molecule has 2 nitrogen and oxygen atoms in total. The fourth-order valence-electron chi connectivity index (χ4n) is 0.710. The van der Waals surface area contributed by atoms with E-state index in [0.717, 1.165) is 0 Å². The average Bonchev–Trinajstić information content (AvgIpc) is 1.58. The van der Waals surface area contributed by atoms with Crippen molar-refractivity contribution in [2.75, 3.05) is 0 Å². The Morgan fingerprint density at radius 1 is 0.909 bits per heavy atom. The first kappa shape index (κ1) is 11.1. The smallest absolute Gasteiger partial charge is 0.142 e. The summed E-state index contributed by atoms with van der Waals surface area (Å²) in [6.45, 7) is 11.7. The second kappa shape index (κ2) is 2.57. The Balaban J connectivity index is 4.75. The van der Waals surface area contributed by atoms with Crippen molar-refractivity contribution in [2.45, 2.75) is 51.2 Å². The van der Waals surface area contributed by atoms with Crippen LogP contribution in [0.25, 0.3) is 0 Å². The van der Waals surface area contributed by atoms with E-state index >= 15 is 0 Å². The van der Waals surface area contributed by atoms with E-state index in [2.05, 4.69) is 20.8 Å². The average molecular weight is 176 g/mol. The van der Waals surface area contributed by atoms with Crippen molar-refractivity contribution < 1.29 is 10.2 Å². The first-order valence-electron chi connectivity index (χ1n) is 3.95. The molecule has 0 spiro atoms. The molecule has 0 aromatic heterocycles. The van der Waals surface area contributed by atoms with Gasteiger partial charge in [-0.2, -0.15) is 0 Å². The van der Waals surface area contributed by atoms with Crippen molar-refractivity contribution in [2.24, 2.45) is 0 Å². The van der Waals surface area contributed by atoms with Crippen molar-refractivity contribution in [3.63, 3.8) is 0 Å². The van der Waals surface area contributed by atoms with E-state index in [9.17, 15) is 10.2 Å². The molecule has 0 fully saturated rings. The molecule has 0 rings (SSSR count). The fraction of sp³-hybridized carbons (Fsp3) is 1.00. The van der Waals surface area contributed by atoms with Gasteiger partial charge in [0.2, 0.25) is 0 Å². The summed E-state index contributed by atoms with van der Waals surface area (Å²) in [6, 6.07) is 0. The van der Waals surface area contributed by atoms with Crippen LogP contribution in [0.1, 0.15) is 27.7 Å². The standard InChI is InChI=1S/C8H20O2Si/c1-7(2,3)11(5,6)8(4,9)10/h9-10H,1-6H3. The molecule has 0 saturated heterocycles. The van der Waals surface area contributed by atoms with Gasteiger partial charge < -0.3 is 10.2 Å². The van der Waals surface area contributed by atoms with Crippen LogP contribution in [0, 0.1) is 0 Å². The van der Waals surface area contributed by atoms with Gasteiger partial charge in [0.25, 0.3) is 0 Å². The van der Waals surface area contributed by atoms with Gasteiger partial charge >= 0.3 is 0 Å². The highest BCUT2D eigenvalue weighted by Gasteiger charge is 2.48. The van der Waals surface area contributed by atoms with Crippen LogP contribution in [0.3, 0.4) is 0 Å². The largest absolute Gasteiger partial charge is 0.369 e. The maximum absolute atomic E-state index is 9.50. The zero-order valence-electron chi connectivity index (χ0n) is 8.39. The number of aliphatic hydroxyl groups is 2. The number of hydrogen-bond donors (Lipinski definition) is 2. The van der Waals surface area contributed by atoms with E-state index < -0.39 is 13.5 Å². The van der Waals surface area contributed by atoms with Gasteiger partial charge in [-0.25, -0.2) is 0 Å². The minimum atomic E-state index is -2.00. The molecule has 0 aliphatic carbocycles. The summed E-state index contributed by atoms with van der Waals surface area (Å²) < 4.78 is 0. The van der Waals surface area contributed by atoms with Crippen LogP contribution in [-0.4, -0.2) is 23.7 Å². The zero-order chi connectivity index (χ0) is 9.50. The third kappa shape index (κ3) is 2.04. The normalized spacial score (nSPS) is 15.3. The van der Waals surface area contributed by atoms with Gasteiger partial charge in [-0.05, 0) is 12.0 Å². The Morgan fingerprint density at radius 3 is 1.18 bits per heavy atom. The molecule has 0 unspecified atom stereocenters. The van der Waals surface area contributed by atoms with Gasteiger partial charge in [-0.3, -0.25) is 0 Å². The topological polar surface area (TPSA) is 40.5 Å². The van der Waals surface area contributed by atoms with Gasteiger partial charge in [0.1, 0.15) is 13.5 Å². The van der Waals surface area contributed by atoms with Crippen LogP contribution in [-0.2, 0) is 0 Å². The highest BCUT2D eigenvalue weighted by atomic mass is 28.3. The fourth-order valence-corrected chi connectivity index (χ4v) is 2.13. The predicted octanol–water partition coefficient (Wildman–Crippen LogP) is 1.73. The van der Waals surface area contributed by atoms with Gasteiger partial charge in [0, 0.05) is 0 Å². The van der Waals surface area contributed by atoms with Crippen LogP contribution in [0.2, 0.25) is 18.1 Å². The Bertz CT molecular complexity index is 123. The lowest BCUT2D eigenvalue weighted by Gasteiger charge is -2.43. The molecular formula is C8H20O2Si. The minimum Gasteiger partial charge on any atom is -0.369 e. The maximum Gasteiger partial charge on any atom is 0.142 e. The van der Waals surface area contributed by atoms with E-state index in [0.29, 0.717) is 0 Å². The molecule has 0 aromatic carbocycles.